The minimum Gasteiger partial charge on any atom is -0.439 e. The fourth-order valence-electron chi connectivity index (χ4n) is 3.83. The standard InChI is InChI=1S/C25H21Cl2N5O2/c26-19-14-20(27)16-22(15-19)34-23-7-8-28-24(30-23)31-9-11-32(12-10-31)25(33)29-21-6-5-17-3-1-2-4-18(17)13-21/h1-8,13-16H,9-12H2,(H,29,33). The number of hydrogen-bond acceptors (Lipinski definition) is 5. The third-order valence-electron chi connectivity index (χ3n) is 5.53. The van der Waals surface area contributed by atoms with Crippen LogP contribution in [0.25, 0.3) is 10.8 Å². The van der Waals surface area contributed by atoms with E-state index in [2.05, 4.69) is 15.3 Å². The van der Waals surface area contributed by atoms with E-state index in [1.807, 2.05) is 47.4 Å². The number of aromatic nitrogens is 2. The Morgan fingerprint density at radius 2 is 1.62 bits per heavy atom. The summed E-state index contributed by atoms with van der Waals surface area (Å²) in [6.07, 6.45) is 1.64. The van der Waals surface area contributed by atoms with E-state index < -0.39 is 0 Å². The number of nitrogens with zero attached hydrogens (tertiary/aromatic N) is 4. The molecule has 2 heterocycles. The summed E-state index contributed by atoms with van der Waals surface area (Å²) in [4.78, 5) is 25.5. The van der Waals surface area contributed by atoms with Crippen molar-refractivity contribution in [2.45, 2.75) is 0 Å². The van der Waals surface area contributed by atoms with Gasteiger partial charge in [-0.05, 0) is 41.1 Å². The number of carbonyl (C=O) groups excluding carboxylic acids is 1. The van der Waals surface area contributed by atoms with Gasteiger partial charge in [0.25, 0.3) is 0 Å². The largest absolute Gasteiger partial charge is 0.439 e. The van der Waals surface area contributed by atoms with E-state index in [0.717, 1.165) is 16.5 Å². The molecule has 2 amide bonds. The lowest BCUT2D eigenvalue weighted by Gasteiger charge is -2.34. The number of halogens is 2. The van der Waals surface area contributed by atoms with Crippen LogP contribution >= 0.6 is 23.2 Å². The number of anilines is 2. The van der Waals surface area contributed by atoms with Crippen molar-refractivity contribution in [2.75, 3.05) is 36.4 Å². The summed E-state index contributed by atoms with van der Waals surface area (Å²) in [7, 11) is 0. The van der Waals surface area contributed by atoms with Crippen LogP contribution in [-0.2, 0) is 0 Å². The Labute approximate surface area is 206 Å². The Morgan fingerprint density at radius 1 is 0.882 bits per heavy atom. The lowest BCUT2D eigenvalue weighted by Crippen LogP contribution is -2.50. The number of carbonyl (C=O) groups is 1. The Hall–Kier alpha value is -3.55. The highest BCUT2D eigenvalue weighted by molar-refractivity contribution is 6.34. The Bertz CT molecular complexity index is 1320. The maximum absolute atomic E-state index is 12.8. The minimum absolute atomic E-state index is 0.120. The topological polar surface area (TPSA) is 70.6 Å². The van der Waals surface area contributed by atoms with Crippen molar-refractivity contribution in [1.29, 1.82) is 0 Å². The average Bonchev–Trinajstić information content (AvgIpc) is 2.83. The molecule has 34 heavy (non-hydrogen) atoms. The first-order valence-electron chi connectivity index (χ1n) is 10.8. The van der Waals surface area contributed by atoms with E-state index in [0.29, 0.717) is 53.8 Å². The van der Waals surface area contributed by atoms with Gasteiger partial charge in [-0.2, -0.15) is 4.98 Å². The third-order valence-corrected chi connectivity index (χ3v) is 5.96. The van der Waals surface area contributed by atoms with Crippen molar-refractivity contribution in [1.82, 2.24) is 14.9 Å². The third kappa shape index (κ3) is 5.16. The van der Waals surface area contributed by atoms with Gasteiger partial charge in [-0.1, -0.05) is 53.5 Å². The van der Waals surface area contributed by atoms with Crippen LogP contribution in [0.4, 0.5) is 16.4 Å². The molecule has 0 radical (unpaired) electrons. The molecule has 1 saturated heterocycles. The second-order valence-corrected chi connectivity index (χ2v) is 8.74. The van der Waals surface area contributed by atoms with Gasteiger partial charge < -0.3 is 19.9 Å². The van der Waals surface area contributed by atoms with Gasteiger partial charge in [0.15, 0.2) is 0 Å². The summed E-state index contributed by atoms with van der Waals surface area (Å²) in [6, 6.07) is 20.5. The van der Waals surface area contributed by atoms with Crippen molar-refractivity contribution in [3.8, 4) is 11.6 Å². The summed E-state index contributed by atoms with van der Waals surface area (Å²) < 4.78 is 5.81. The zero-order valence-electron chi connectivity index (χ0n) is 18.1. The molecule has 0 unspecified atom stereocenters. The van der Waals surface area contributed by atoms with E-state index >= 15 is 0 Å². The maximum Gasteiger partial charge on any atom is 0.321 e. The van der Waals surface area contributed by atoms with Gasteiger partial charge >= 0.3 is 6.03 Å². The van der Waals surface area contributed by atoms with Crippen molar-refractivity contribution >= 4 is 51.6 Å². The van der Waals surface area contributed by atoms with Gasteiger partial charge in [0.2, 0.25) is 11.8 Å². The molecule has 0 aliphatic carbocycles. The molecule has 0 atom stereocenters. The first-order chi connectivity index (χ1) is 16.5. The van der Waals surface area contributed by atoms with Crippen LogP contribution in [0.2, 0.25) is 10.0 Å². The molecule has 3 aromatic carbocycles. The SMILES string of the molecule is O=C(Nc1ccc2ccccc2c1)N1CCN(c2nccc(Oc3cc(Cl)cc(Cl)c3)n2)CC1. The zero-order valence-corrected chi connectivity index (χ0v) is 19.6. The highest BCUT2D eigenvalue weighted by Gasteiger charge is 2.23. The monoisotopic (exact) mass is 493 g/mol. The predicted molar refractivity (Wildman–Crippen MR) is 135 cm³/mol. The molecule has 4 aromatic rings. The molecule has 172 valence electrons. The summed E-state index contributed by atoms with van der Waals surface area (Å²) in [5, 5.41) is 6.19. The van der Waals surface area contributed by atoms with Crippen molar-refractivity contribution < 1.29 is 9.53 Å². The number of nitrogens with one attached hydrogen (secondary N) is 1. The fourth-order valence-corrected chi connectivity index (χ4v) is 4.33. The molecular formula is C25H21Cl2N5O2. The molecular weight excluding hydrogens is 473 g/mol. The van der Waals surface area contributed by atoms with Crippen LogP contribution in [0.1, 0.15) is 0 Å². The van der Waals surface area contributed by atoms with E-state index in [-0.39, 0.29) is 6.03 Å². The first kappa shape index (κ1) is 22.3. The number of amides is 2. The van der Waals surface area contributed by atoms with E-state index in [4.69, 9.17) is 27.9 Å². The van der Waals surface area contributed by atoms with Crippen LogP contribution in [0.5, 0.6) is 11.6 Å². The normalized spacial score (nSPS) is 13.7. The van der Waals surface area contributed by atoms with Crippen LogP contribution < -0.4 is 15.0 Å². The summed E-state index contributed by atoms with van der Waals surface area (Å²) in [6.45, 7) is 2.32. The van der Waals surface area contributed by atoms with Gasteiger partial charge in [-0.3, -0.25) is 0 Å². The van der Waals surface area contributed by atoms with E-state index in [1.165, 1.54) is 0 Å². The quantitative estimate of drug-likeness (QED) is 0.372. The Kier molecular flexibility index (Phi) is 6.38. The van der Waals surface area contributed by atoms with E-state index in [1.54, 1.807) is 35.4 Å². The number of fused-ring (bicyclic) bond motifs is 1. The van der Waals surface area contributed by atoms with Gasteiger partial charge in [0.05, 0.1) is 0 Å². The zero-order chi connectivity index (χ0) is 23.5. The average molecular weight is 494 g/mol. The first-order valence-corrected chi connectivity index (χ1v) is 11.6. The summed E-state index contributed by atoms with van der Waals surface area (Å²) >= 11 is 12.1. The molecule has 1 N–H and O–H groups in total. The van der Waals surface area contributed by atoms with Crippen LogP contribution in [-0.4, -0.2) is 47.1 Å². The number of piperazine rings is 1. The molecule has 5 rings (SSSR count). The molecule has 9 heteroatoms. The number of rotatable bonds is 4. The second-order valence-electron chi connectivity index (χ2n) is 7.87. The highest BCUT2D eigenvalue weighted by Crippen LogP contribution is 2.28. The van der Waals surface area contributed by atoms with Gasteiger partial charge in [-0.25, -0.2) is 9.78 Å². The molecule has 0 saturated carbocycles. The number of urea groups is 1. The van der Waals surface area contributed by atoms with Gasteiger partial charge in [0.1, 0.15) is 5.75 Å². The Balaban J connectivity index is 1.20. The maximum atomic E-state index is 12.8. The number of ether oxygens (including phenoxy) is 1. The molecule has 1 fully saturated rings. The van der Waals surface area contributed by atoms with Crippen molar-refractivity contribution in [3.05, 3.63) is 83.0 Å². The van der Waals surface area contributed by atoms with Crippen LogP contribution in [0, 0.1) is 0 Å². The summed E-state index contributed by atoms with van der Waals surface area (Å²) in [5.74, 6) is 1.43. The number of hydrogen-bond donors (Lipinski definition) is 1. The molecule has 1 aliphatic heterocycles. The van der Waals surface area contributed by atoms with Gasteiger partial charge in [-0.15, -0.1) is 0 Å². The van der Waals surface area contributed by atoms with Crippen LogP contribution in [0.3, 0.4) is 0 Å². The highest BCUT2D eigenvalue weighted by atomic mass is 35.5. The summed E-state index contributed by atoms with van der Waals surface area (Å²) in [5.41, 5.74) is 0.778. The molecule has 1 aromatic heterocycles. The van der Waals surface area contributed by atoms with Crippen LogP contribution in [0.15, 0.2) is 72.9 Å². The second kappa shape index (κ2) is 9.75. The van der Waals surface area contributed by atoms with Crippen molar-refractivity contribution in [3.63, 3.8) is 0 Å². The van der Waals surface area contributed by atoms with Gasteiger partial charge in [0, 0.05) is 54.2 Å². The molecule has 0 spiro atoms. The predicted octanol–water partition coefficient (Wildman–Crippen LogP) is 6.08. The minimum atomic E-state index is -0.120. The number of benzene rings is 3. The lowest BCUT2D eigenvalue weighted by molar-refractivity contribution is 0.208. The molecule has 0 bridgehead atoms. The smallest absolute Gasteiger partial charge is 0.321 e. The Morgan fingerprint density at radius 3 is 2.38 bits per heavy atom. The molecule has 1 aliphatic rings. The van der Waals surface area contributed by atoms with Crippen molar-refractivity contribution in [2.24, 2.45) is 0 Å². The fraction of sp³-hybridized carbons (Fsp3) is 0.160. The molecule has 7 nitrogen and oxygen atoms in total. The lowest BCUT2D eigenvalue weighted by atomic mass is 10.1. The van der Waals surface area contributed by atoms with E-state index in [9.17, 15) is 4.79 Å².